The van der Waals surface area contributed by atoms with E-state index in [-0.39, 0.29) is 0 Å². The molecule has 3 nitrogen and oxygen atoms in total. The number of methoxy groups -OCH3 is 1. The van der Waals surface area contributed by atoms with E-state index in [1.807, 2.05) is 0 Å². The lowest BCUT2D eigenvalue weighted by Gasteiger charge is -2.46. The first-order chi connectivity index (χ1) is 10.2. The number of hydrogen-bond acceptors (Lipinski definition) is 3. The molecule has 0 radical (unpaired) electrons. The molecular weight excluding hydrogens is 260 g/mol. The molecule has 3 heteroatoms. The van der Waals surface area contributed by atoms with Gasteiger partial charge in [0, 0.05) is 37.3 Å². The van der Waals surface area contributed by atoms with E-state index >= 15 is 0 Å². The third-order valence-corrected chi connectivity index (χ3v) is 5.09. The molecule has 1 heterocycles. The standard InChI is InChI=1S/C18H28N2O/c1-15-6-7-17(21-2)16(12-15)13-20-11-10-19-18(14-20)8-4-3-5-9-18/h6-7,12,19H,3-5,8-11,13-14H2,1-2H3. The van der Waals surface area contributed by atoms with E-state index in [2.05, 4.69) is 35.3 Å². The average Bonchev–Trinajstić information content (AvgIpc) is 2.48. The van der Waals surface area contributed by atoms with Crippen molar-refractivity contribution in [2.24, 2.45) is 0 Å². The van der Waals surface area contributed by atoms with Crippen LogP contribution in [0.25, 0.3) is 0 Å². The predicted molar refractivity (Wildman–Crippen MR) is 86.8 cm³/mol. The van der Waals surface area contributed by atoms with Crippen molar-refractivity contribution in [3.8, 4) is 5.75 Å². The number of piperazine rings is 1. The quantitative estimate of drug-likeness (QED) is 0.925. The van der Waals surface area contributed by atoms with Gasteiger partial charge in [-0.1, -0.05) is 37.0 Å². The third-order valence-electron chi connectivity index (χ3n) is 5.09. The van der Waals surface area contributed by atoms with Gasteiger partial charge in [-0.05, 0) is 25.8 Å². The van der Waals surface area contributed by atoms with E-state index in [9.17, 15) is 0 Å². The monoisotopic (exact) mass is 288 g/mol. The number of aryl methyl sites for hydroxylation is 1. The summed E-state index contributed by atoms with van der Waals surface area (Å²) < 4.78 is 5.54. The normalized spacial score (nSPS) is 22.4. The van der Waals surface area contributed by atoms with E-state index in [0.717, 1.165) is 25.4 Å². The summed E-state index contributed by atoms with van der Waals surface area (Å²) in [5.74, 6) is 1.02. The number of hydrogen-bond donors (Lipinski definition) is 1. The molecule has 2 fully saturated rings. The lowest BCUT2D eigenvalue weighted by molar-refractivity contribution is 0.0939. The van der Waals surface area contributed by atoms with Crippen LogP contribution in [0.4, 0.5) is 0 Å². The van der Waals surface area contributed by atoms with Crippen LogP contribution < -0.4 is 10.1 Å². The Hall–Kier alpha value is -1.06. The Bertz CT molecular complexity index is 475. The smallest absolute Gasteiger partial charge is 0.123 e. The van der Waals surface area contributed by atoms with E-state index in [1.54, 1.807) is 7.11 Å². The van der Waals surface area contributed by atoms with Crippen LogP contribution in [-0.2, 0) is 6.54 Å². The number of rotatable bonds is 3. The molecule has 1 aliphatic heterocycles. The molecule has 1 spiro atoms. The first-order valence-corrected chi connectivity index (χ1v) is 8.32. The van der Waals surface area contributed by atoms with Crippen LogP contribution in [0.1, 0.15) is 43.2 Å². The van der Waals surface area contributed by atoms with Crippen LogP contribution in [0.2, 0.25) is 0 Å². The van der Waals surface area contributed by atoms with E-state index in [4.69, 9.17) is 4.74 Å². The molecule has 2 aliphatic rings. The van der Waals surface area contributed by atoms with Crippen LogP contribution in [0, 0.1) is 6.92 Å². The Morgan fingerprint density at radius 3 is 2.81 bits per heavy atom. The zero-order valence-corrected chi connectivity index (χ0v) is 13.5. The summed E-state index contributed by atoms with van der Waals surface area (Å²) >= 11 is 0. The van der Waals surface area contributed by atoms with Crippen molar-refractivity contribution in [3.05, 3.63) is 29.3 Å². The molecule has 116 valence electrons. The van der Waals surface area contributed by atoms with Gasteiger partial charge >= 0.3 is 0 Å². The molecule has 0 bridgehead atoms. The van der Waals surface area contributed by atoms with Gasteiger partial charge in [0.25, 0.3) is 0 Å². The fourth-order valence-electron chi connectivity index (χ4n) is 4.01. The topological polar surface area (TPSA) is 24.5 Å². The summed E-state index contributed by atoms with van der Waals surface area (Å²) in [6.45, 7) is 6.61. The van der Waals surface area contributed by atoms with Crippen LogP contribution in [0.5, 0.6) is 5.75 Å². The lowest BCUT2D eigenvalue weighted by atomic mass is 9.80. The number of nitrogens with zero attached hydrogens (tertiary/aromatic N) is 1. The van der Waals surface area contributed by atoms with Gasteiger partial charge < -0.3 is 10.1 Å². The van der Waals surface area contributed by atoms with Gasteiger partial charge in [0.2, 0.25) is 0 Å². The number of nitrogens with one attached hydrogen (secondary N) is 1. The van der Waals surface area contributed by atoms with Crippen molar-refractivity contribution in [1.82, 2.24) is 10.2 Å². The van der Waals surface area contributed by atoms with Crippen molar-refractivity contribution >= 4 is 0 Å². The highest BCUT2D eigenvalue weighted by atomic mass is 16.5. The van der Waals surface area contributed by atoms with Gasteiger partial charge in [-0.3, -0.25) is 4.90 Å². The van der Waals surface area contributed by atoms with Crippen molar-refractivity contribution in [1.29, 1.82) is 0 Å². The highest BCUT2D eigenvalue weighted by molar-refractivity contribution is 5.36. The number of ether oxygens (including phenoxy) is 1. The van der Waals surface area contributed by atoms with Gasteiger partial charge in [-0.25, -0.2) is 0 Å². The highest BCUT2D eigenvalue weighted by Gasteiger charge is 2.36. The summed E-state index contributed by atoms with van der Waals surface area (Å²) in [6.07, 6.45) is 6.86. The van der Waals surface area contributed by atoms with Gasteiger partial charge in [-0.15, -0.1) is 0 Å². The fraction of sp³-hybridized carbons (Fsp3) is 0.667. The minimum Gasteiger partial charge on any atom is -0.496 e. The van der Waals surface area contributed by atoms with Crippen molar-refractivity contribution in [3.63, 3.8) is 0 Å². The Morgan fingerprint density at radius 2 is 2.05 bits per heavy atom. The van der Waals surface area contributed by atoms with E-state index < -0.39 is 0 Å². The molecule has 0 aromatic heterocycles. The highest BCUT2D eigenvalue weighted by Crippen LogP contribution is 2.31. The van der Waals surface area contributed by atoms with Gasteiger partial charge in [0.05, 0.1) is 7.11 Å². The van der Waals surface area contributed by atoms with Crippen molar-refractivity contribution < 1.29 is 4.74 Å². The predicted octanol–water partition coefficient (Wildman–Crippen LogP) is 3.11. The number of benzene rings is 1. The molecule has 0 unspecified atom stereocenters. The molecule has 1 saturated heterocycles. The van der Waals surface area contributed by atoms with Crippen LogP contribution >= 0.6 is 0 Å². The summed E-state index contributed by atoms with van der Waals surface area (Å²) in [6, 6.07) is 6.50. The van der Waals surface area contributed by atoms with Crippen LogP contribution in [0.3, 0.4) is 0 Å². The van der Waals surface area contributed by atoms with Crippen molar-refractivity contribution in [2.45, 2.75) is 51.1 Å². The SMILES string of the molecule is COc1ccc(C)cc1CN1CCNC2(CCCCC2)C1. The molecule has 1 N–H and O–H groups in total. The molecule has 0 atom stereocenters. The van der Waals surface area contributed by atoms with Crippen LogP contribution in [-0.4, -0.2) is 37.2 Å². The van der Waals surface area contributed by atoms with Crippen LogP contribution in [0.15, 0.2) is 18.2 Å². The van der Waals surface area contributed by atoms with Gasteiger partial charge in [-0.2, -0.15) is 0 Å². The average molecular weight is 288 g/mol. The second-order valence-corrected chi connectivity index (χ2v) is 6.79. The summed E-state index contributed by atoms with van der Waals surface area (Å²) in [7, 11) is 1.77. The zero-order valence-electron chi connectivity index (χ0n) is 13.5. The molecule has 1 aromatic carbocycles. The summed E-state index contributed by atoms with van der Waals surface area (Å²) in [5.41, 5.74) is 3.02. The van der Waals surface area contributed by atoms with Gasteiger partial charge in [0.1, 0.15) is 5.75 Å². The van der Waals surface area contributed by atoms with Gasteiger partial charge in [0.15, 0.2) is 0 Å². The van der Waals surface area contributed by atoms with E-state index in [1.165, 1.54) is 49.8 Å². The second kappa shape index (κ2) is 6.37. The fourth-order valence-corrected chi connectivity index (χ4v) is 4.01. The largest absolute Gasteiger partial charge is 0.496 e. The maximum absolute atomic E-state index is 5.54. The molecule has 1 saturated carbocycles. The summed E-state index contributed by atoms with van der Waals surface area (Å²) in [5, 5.41) is 3.82. The van der Waals surface area contributed by atoms with Crippen molar-refractivity contribution in [2.75, 3.05) is 26.7 Å². The summed E-state index contributed by atoms with van der Waals surface area (Å²) in [4.78, 5) is 2.61. The molecule has 1 aromatic rings. The molecule has 0 amide bonds. The Kier molecular flexibility index (Phi) is 4.51. The first-order valence-electron chi connectivity index (χ1n) is 8.32. The molecular formula is C18H28N2O. The first kappa shape index (κ1) is 14.9. The second-order valence-electron chi connectivity index (χ2n) is 6.79. The molecule has 1 aliphatic carbocycles. The maximum Gasteiger partial charge on any atom is 0.123 e. The molecule has 21 heavy (non-hydrogen) atoms. The minimum absolute atomic E-state index is 0.383. The zero-order chi connectivity index (χ0) is 14.7. The minimum atomic E-state index is 0.383. The Morgan fingerprint density at radius 1 is 1.24 bits per heavy atom. The third kappa shape index (κ3) is 3.41. The Labute approximate surface area is 128 Å². The lowest BCUT2D eigenvalue weighted by Crippen LogP contribution is -2.60. The maximum atomic E-state index is 5.54. The Balaban J connectivity index is 1.71. The molecule has 3 rings (SSSR count). The van der Waals surface area contributed by atoms with E-state index in [0.29, 0.717) is 5.54 Å².